The molecular weight excluding hydrogens is 481 g/mol. The average Bonchev–Trinajstić information content (AvgIpc) is 3.37. The molecule has 11 heteroatoms. The molecule has 5 heterocycles. The maximum absolute atomic E-state index is 14.3. The fraction of sp³-hybridized carbons (Fsp3) is 0.524. The van der Waals surface area contributed by atoms with Gasteiger partial charge < -0.3 is 14.7 Å². The van der Waals surface area contributed by atoms with Crippen molar-refractivity contribution in [2.24, 2.45) is 11.0 Å². The molecule has 1 fully saturated rings. The molecule has 3 aliphatic heterocycles. The number of anilines is 1. The van der Waals surface area contributed by atoms with E-state index in [0.717, 1.165) is 0 Å². The molecule has 6 nitrogen and oxygen atoms in total. The lowest BCUT2D eigenvalue weighted by Crippen LogP contribution is -2.50. The third-order valence-electron chi connectivity index (χ3n) is 6.44. The van der Waals surface area contributed by atoms with E-state index < -0.39 is 18.1 Å². The minimum Gasteiger partial charge on any atom is -0.390 e. The second-order valence-electron chi connectivity index (χ2n) is 8.42. The van der Waals surface area contributed by atoms with Gasteiger partial charge in [-0.05, 0) is 31.0 Å². The minimum absolute atomic E-state index is 0.0144. The highest BCUT2D eigenvalue weighted by atomic mass is 35.5. The number of pyridine rings is 1. The summed E-state index contributed by atoms with van der Waals surface area (Å²) in [6.45, 7) is 1.90. The van der Waals surface area contributed by atoms with Gasteiger partial charge in [0.05, 0.1) is 28.2 Å². The molecule has 0 aromatic carbocycles. The summed E-state index contributed by atoms with van der Waals surface area (Å²) in [7, 11) is 0. The Labute approximate surface area is 198 Å². The molecule has 0 amide bonds. The summed E-state index contributed by atoms with van der Waals surface area (Å²) in [5, 5.41) is 16.6. The van der Waals surface area contributed by atoms with Crippen LogP contribution in [0.1, 0.15) is 23.3 Å². The van der Waals surface area contributed by atoms with Gasteiger partial charge in [0.15, 0.2) is 5.82 Å². The van der Waals surface area contributed by atoms with E-state index in [1.807, 2.05) is 0 Å². The van der Waals surface area contributed by atoms with Gasteiger partial charge >= 0.3 is 0 Å². The van der Waals surface area contributed by atoms with Gasteiger partial charge in [-0.3, -0.25) is 0 Å². The normalized spacial score (nSPS) is 24.6. The molecule has 5 rings (SSSR count). The molecule has 0 bridgehead atoms. The Morgan fingerprint density at radius 1 is 1.28 bits per heavy atom. The fourth-order valence-corrected chi connectivity index (χ4v) is 6.44. The predicted octanol–water partition coefficient (Wildman–Crippen LogP) is 4.35. The van der Waals surface area contributed by atoms with Crippen molar-refractivity contribution in [3.05, 3.63) is 44.2 Å². The molecule has 1 spiro atoms. The largest absolute Gasteiger partial charge is 0.390 e. The Hall–Kier alpha value is -1.36. The van der Waals surface area contributed by atoms with Crippen LogP contribution in [0.15, 0.2) is 29.5 Å². The molecule has 1 N–H and O–H groups in total. The summed E-state index contributed by atoms with van der Waals surface area (Å²) in [5.41, 5.74) is -0.00366. The zero-order valence-electron chi connectivity index (χ0n) is 17.1. The molecule has 2 aromatic rings. The summed E-state index contributed by atoms with van der Waals surface area (Å²) in [6, 6.07) is 4.90. The van der Waals surface area contributed by atoms with Crippen molar-refractivity contribution in [1.82, 2.24) is 9.88 Å². The molecule has 1 atom stereocenters. The van der Waals surface area contributed by atoms with E-state index in [9.17, 15) is 13.9 Å². The number of piperidine rings is 1. The van der Waals surface area contributed by atoms with Gasteiger partial charge in [0.2, 0.25) is 0 Å². The average molecular weight is 503 g/mol. The van der Waals surface area contributed by atoms with Crippen molar-refractivity contribution in [3.63, 3.8) is 0 Å². The number of thiophene rings is 1. The van der Waals surface area contributed by atoms with E-state index >= 15 is 0 Å². The van der Waals surface area contributed by atoms with Crippen LogP contribution in [0.4, 0.5) is 14.6 Å². The van der Waals surface area contributed by atoms with Gasteiger partial charge in [0.1, 0.15) is 12.2 Å². The molecule has 0 saturated carbocycles. The van der Waals surface area contributed by atoms with Gasteiger partial charge in [-0.1, -0.05) is 23.2 Å². The first-order valence-corrected chi connectivity index (χ1v) is 12.0. The summed E-state index contributed by atoms with van der Waals surface area (Å²) in [5.74, 6) is -2.41. The van der Waals surface area contributed by atoms with Crippen LogP contribution in [0.25, 0.3) is 0 Å². The van der Waals surface area contributed by atoms with Crippen LogP contribution in [0.2, 0.25) is 9.36 Å². The Kier molecular flexibility index (Phi) is 5.92. The Morgan fingerprint density at radius 2 is 2.06 bits per heavy atom. The monoisotopic (exact) mass is 502 g/mol. The lowest BCUT2D eigenvalue weighted by atomic mass is 9.84. The van der Waals surface area contributed by atoms with E-state index in [2.05, 4.69) is 15.0 Å². The van der Waals surface area contributed by atoms with Crippen molar-refractivity contribution in [3.8, 4) is 0 Å². The molecule has 172 valence electrons. The number of alkyl halides is 2. The van der Waals surface area contributed by atoms with Crippen LogP contribution < -0.4 is 5.01 Å². The summed E-state index contributed by atoms with van der Waals surface area (Å²) in [6.07, 6.45) is 2.88. The molecule has 1 saturated heterocycles. The summed E-state index contributed by atoms with van der Waals surface area (Å²) in [4.78, 5) is 7.14. The van der Waals surface area contributed by atoms with Gasteiger partial charge in [-0.25, -0.2) is 9.99 Å². The van der Waals surface area contributed by atoms with Crippen molar-refractivity contribution in [2.75, 3.05) is 44.4 Å². The zero-order valence-corrected chi connectivity index (χ0v) is 19.4. The van der Waals surface area contributed by atoms with Crippen LogP contribution in [0, 0.1) is 5.92 Å². The topological polar surface area (TPSA) is 61.2 Å². The highest BCUT2D eigenvalue weighted by Gasteiger charge is 2.51. The number of aliphatic hydroxyl groups excluding tert-OH is 1. The van der Waals surface area contributed by atoms with Gasteiger partial charge in [-0.2, -0.15) is 13.9 Å². The van der Waals surface area contributed by atoms with Crippen molar-refractivity contribution in [1.29, 1.82) is 0 Å². The van der Waals surface area contributed by atoms with E-state index in [0.29, 0.717) is 64.8 Å². The Balaban J connectivity index is 1.27. The molecule has 1 unspecified atom stereocenters. The number of likely N-dealkylation sites (tertiary alicyclic amines) is 1. The predicted molar refractivity (Wildman–Crippen MR) is 121 cm³/mol. The van der Waals surface area contributed by atoms with Crippen LogP contribution in [-0.4, -0.2) is 60.1 Å². The van der Waals surface area contributed by atoms with Gasteiger partial charge in [0, 0.05) is 42.2 Å². The molecule has 0 aliphatic carbocycles. The third-order valence-corrected chi connectivity index (χ3v) is 8.19. The quantitative estimate of drug-likeness (QED) is 0.673. The number of hydrogen-bond acceptors (Lipinski definition) is 7. The molecule has 32 heavy (non-hydrogen) atoms. The number of aliphatic hydroxyl groups is 1. The smallest absolute Gasteiger partial charge is 0.297 e. The number of rotatable bonds is 4. The fourth-order valence-electron chi connectivity index (χ4n) is 4.74. The molecule has 2 aromatic heterocycles. The number of ether oxygens (including phenoxy) is 1. The Morgan fingerprint density at radius 3 is 2.78 bits per heavy atom. The first-order valence-electron chi connectivity index (χ1n) is 10.4. The number of aromatic nitrogens is 1. The number of hydrogen-bond donors (Lipinski definition) is 1. The van der Waals surface area contributed by atoms with E-state index in [4.69, 9.17) is 27.9 Å². The molecular formula is C21H22Cl2F2N4O2S. The standard InChI is InChI=1S/C21H22Cl2F2N4O2S/c22-15-2-1-5-26-19(15)29-10-13(16(11-30)27-29)9-28-6-3-20(4-7-28)18-14(8-17(23)32-18)21(24,25)12-31-20/h1-2,5,8,13,30H,3-4,6-7,9-12H2. The maximum atomic E-state index is 14.3. The van der Waals surface area contributed by atoms with Crippen LogP contribution in [-0.2, 0) is 16.3 Å². The first kappa shape index (κ1) is 22.4. The number of halogens is 4. The van der Waals surface area contributed by atoms with E-state index in [1.165, 1.54) is 17.4 Å². The van der Waals surface area contributed by atoms with E-state index in [-0.39, 0.29) is 18.1 Å². The van der Waals surface area contributed by atoms with Crippen LogP contribution in [0.5, 0.6) is 0 Å². The lowest BCUT2D eigenvalue weighted by Gasteiger charge is -2.45. The van der Waals surface area contributed by atoms with Crippen molar-refractivity contribution in [2.45, 2.75) is 24.4 Å². The maximum Gasteiger partial charge on any atom is 0.297 e. The SMILES string of the molecule is OCC1=NN(c2ncccc2Cl)CC1CN1CCC2(CC1)OCC(F)(F)c1cc(Cl)sc12. The van der Waals surface area contributed by atoms with Gasteiger partial charge in [0.25, 0.3) is 5.92 Å². The van der Waals surface area contributed by atoms with Crippen LogP contribution in [0.3, 0.4) is 0 Å². The molecule has 0 radical (unpaired) electrons. The highest BCUT2D eigenvalue weighted by Crippen LogP contribution is 2.52. The van der Waals surface area contributed by atoms with Gasteiger partial charge in [-0.15, -0.1) is 11.3 Å². The number of hydrazone groups is 1. The van der Waals surface area contributed by atoms with Crippen LogP contribution >= 0.6 is 34.5 Å². The minimum atomic E-state index is -3.01. The van der Waals surface area contributed by atoms with E-state index in [1.54, 1.807) is 23.3 Å². The number of nitrogens with zero attached hydrogens (tertiary/aromatic N) is 4. The second-order valence-corrected chi connectivity index (χ2v) is 10.5. The zero-order chi connectivity index (χ0) is 22.5. The Bertz CT molecular complexity index is 1040. The third kappa shape index (κ3) is 3.93. The number of fused-ring (bicyclic) bond motifs is 2. The lowest BCUT2D eigenvalue weighted by molar-refractivity contribution is -0.181. The first-order chi connectivity index (χ1) is 15.3. The van der Waals surface area contributed by atoms with Crippen molar-refractivity contribution < 1.29 is 18.6 Å². The highest BCUT2D eigenvalue weighted by molar-refractivity contribution is 7.16. The second kappa shape index (κ2) is 8.45. The molecule has 3 aliphatic rings. The summed E-state index contributed by atoms with van der Waals surface area (Å²) < 4.78 is 34.8. The van der Waals surface area contributed by atoms with Crippen molar-refractivity contribution >= 4 is 46.1 Å². The summed E-state index contributed by atoms with van der Waals surface area (Å²) >= 11 is 13.6.